The summed E-state index contributed by atoms with van der Waals surface area (Å²) in [6.45, 7) is 2.09. The zero-order valence-electron chi connectivity index (χ0n) is 10.4. The van der Waals surface area contributed by atoms with E-state index in [-0.39, 0.29) is 6.04 Å². The normalized spacial score (nSPS) is 18.4. The molecule has 1 unspecified atom stereocenters. The van der Waals surface area contributed by atoms with E-state index in [0.717, 1.165) is 12.1 Å². The van der Waals surface area contributed by atoms with Crippen molar-refractivity contribution >= 4 is 0 Å². The lowest BCUT2D eigenvalue weighted by atomic mass is 9.97. The van der Waals surface area contributed by atoms with E-state index in [1.807, 2.05) is 12.3 Å². The van der Waals surface area contributed by atoms with E-state index >= 15 is 0 Å². The summed E-state index contributed by atoms with van der Waals surface area (Å²) in [5, 5.41) is 0. The van der Waals surface area contributed by atoms with Crippen LogP contribution >= 0.6 is 0 Å². The summed E-state index contributed by atoms with van der Waals surface area (Å²) >= 11 is 0. The van der Waals surface area contributed by atoms with Crippen molar-refractivity contribution in [2.24, 2.45) is 5.84 Å². The van der Waals surface area contributed by atoms with Gasteiger partial charge in [-0.3, -0.25) is 10.8 Å². The first-order valence-corrected chi connectivity index (χ1v) is 6.39. The Morgan fingerprint density at radius 1 is 1.35 bits per heavy atom. The van der Waals surface area contributed by atoms with Crippen LogP contribution in [-0.2, 0) is 0 Å². The Bertz CT molecular complexity index is 398. The predicted molar refractivity (Wildman–Crippen MR) is 70.2 cm³/mol. The molecule has 0 spiro atoms. The van der Waals surface area contributed by atoms with Crippen LogP contribution in [0.15, 0.2) is 30.0 Å². The van der Waals surface area contributed by atoms with Gasteiger partial charge in [-0.05, 0) is 44.2 Å². The van der Waals surface area contributed by atoms with Crippen molar-refractivity contribution in [2.75, 3.05) is 0 Å². The van der Waals surface area contributed by atoms with Gasteiger partial charge in [-0.15, -0.1) is 0 Å². The molecule has 0 aromatic carbocycles. The highest BCUT2D eigenvalue weighted by Crippen LogP contribution is 2.28. The molecule has 1 aromatic rings. The molecule has 92 valence electrons. The number of hydrazine groups is 1. The van der Waals surface area contributed by atoms with Crippen LogP contribution in [0.5, 0.6) is 0 Å². The highest BCUT2D eigenvalue weighted by atomic mass is 15.2. The number of allylic oxidation sites excluding steroid dienone is 1. The number of nitrogens with two attached hydrogens (primary N) is 1. The fraction of sp³-hybridized carbons (Fsp3) is 0.500. The number of nitrogens with zero attached hydrogens (tertiary/aromatic N) is 1. The molecule has 1 atom stereocenters. The van der Waals surface area contributed by atoms with Gasteiger partial charge in [-0.2, -0.15) is 0 Å². The van der Waals surface area contributed by atoms with Crippen LogP contribution in [0, 0.1) is 6.92 Å². The highest BCUT2D eigenvalue weighted by molar-refractivity contribution is 5.29. The molecule has 1 aromatic heterocycles. The van der Waals surface area contributed by atoms with Crippen molar-refractivity contribution in [3.63, 3.8) is 0 Å². The van der Waals surface area contributed by atoms with Crippen LogP contribution in [0.4, 0.5) is 0 Å². The molecule has 2 rings (SSSR count). The molecule has 0 amide bonds. The lowest BCUT2D eigenvalue weighted by molar-refractivity contribution is 0.577. The minimum absolute atomic E-state index is 0.0781. The number of rotatable bonds is 3. The molecule has 0 aliphatic heterocycles. The molecular weight excluding hydrogens is 210 g/mol. The maximum absolute atomic E-state index is 5.72. The maximum Gasteiger partial charge on any atom is 0.0844 e. The summed E-state index contributed by atoms with van der Waals surface area (Å²) in [6.07, 6.45) is 10.3. The number of aromatic nitrogens is 1. The summed E-state index contributed by atoms with van der Waals surface area (Å²) in [5.41, 5.74) is 6.57. The maximum atomic E-state index is 5.72. The van der Waals surface area contributed by atoms with Gasteiger partial charge in [0.15, 0.2) is 0 Å². The Morgan fingerprint density at radius 3 is 3.00 bits per heavy atom. The van der Waals surface area contributed by atoms with E-state index in [1.54, 1.807) is 0 Å². The summed E-state index contributed by atoms with van der Waals surface area (Å²) < 4.78 is 0. The van der Waals surface area contributed by atoms with E-state index in [0.29, 0.717) is 0 Å². The Hall–Kier alpha value is -1.19. The lowest BCUT2D eigenvalue weighted by Crippen LogP contribution is -2.30. The first-order chi connectivity index (χ1) is 8.33. The van der Waals surface area contributed by atoms with Crippen LogP contribution < -0.4 is 11.3 Å². The van der Waals surface area contributed by atoms with Gasteiger partial charge in [-0.1, -0.05) is 24.1 Å². The van der Waals surface area contributed by atoms with Crippen LogP contribution in [0.3, 0.4) is 0 Å². The monoisotopic (exact) mass is 231 g/mol. The highest BCUT2D eigenvalue weighted by Gasteiger charge is 2.18. The fourth-order valence-electron chi connectivity index (χ4n) is 2.46. The fourth-order valence-corrected chi connectivity index (χ4v) is 2.46. The minimum Gasteiger partial charge on any atom is -0.271 e. The number of nitrogens with one attached hydrogen (secondary N) is 1. The van der Waals surface area contributed by atoms with E-state index in [2.05, 4.69) is 29.5 Å². The van der Waals surface area contributed by atoms with Crippen molar-refractivity contribution in [3.8, 4) is 0 Å². The molecule has 0 saturated carbocycles. The van der Waals surface area contributed by atoms with Gasteiger partial charge in [0.2, 0.25) is 0 Å². The summed E-state index contributed by atoms with van der Waals surface area (Å²) in [6, 6.07) is 4.13. The largest absolute Gasteiger partial charge is 0.271 e. The van der Waals surface area contributed by atoms with E-state index in [1.165, 1.54) is 36.8 Å². The molecule has 0 radical (unpaired) electrons. The standard InChI is InChI=1S/C14H21N3/c1-11-7-6-10-16-13(11)14(17-15)12-8-4-2-3-5-9-12/h6-8,10,14,17H,2-5,9,15H2,1H3. The molecule has 0 fully saturated rings. The summed E-state index contributed by atoms with van der Waals surface area (Å²) in [5.74, 6) is 5.72. The van der Waals surface area contributed by atoms with Crippen molar-refractivity contribution in [1.82, 2.24) is 10.4 Å². The molecule has 0 bridgehead atoms. The number of aryl methyl sites for hydroxylation is 1. The van der Waals surface area contributed by atoms with Crippen LogP contribution in [-0.4, -0.2) is 4.98 Å². The third kappa shape index (κ3) is 2.93. The van der Waals surface area contributed by atoms with Gasteiger partial charge in [0, 0.05) is 6.20 Å². The van der Waals surface area contributed by atoms with Crippen LogP contribution in [0.2, 0.25) is 0 Å². The SMILES string of the molecule is Cc1cccnc1C(NN)C1=CCCCCC1. The van der Waals surface area contributed by atoms with Gasteiger partial charge in [0.25, 0.3) is 0 Å². The second-order valence-corrected chi connectivity index (χ2v) is 4.68. The van der Waals surface area contributed by atoms with Crippen molar-refractivity contribution < 1.29 is 0 Å². The zero-order valence-corrected chi connectivity index (χ0v) is 10.4. The van der Waals surface area contributed by atoms with Gasteiger partial charge in [-0.25, -0.2) is 5.43 Å². The van der Waals surface area contributed by atoms with Gasteiger partial charge >= 0.3 is 0 Å². The van der Waals surface area contributed by atoms with Gasteiger partial charge in [0.05, 0.1) is 11.7 Å². The Labute approximate surface area is 103 Å². The number of pyridine rings is 1. The summed E-state index contributed by atoms with van der Waals surface area (Å²) in [4.78, 5) is 4.47. The van der Waals surface area contributed by atoms with Gasteiger partial charge in [0.1, 0.15) is 0 Å². The quantitative estimate of drug-likeness (QED) is 0.478. The smallest absolute Gasteiger partial charge is 0.0844 e. The average Bonchev–Trinajstić information content (AvgIpc) is 2.62. The van der Waals surface area contributed by atoms with E-state index < -0.39 is 0 Å². The molecule has 1 aliphatic rings. The Kier molecular flexibility index (Phi) is 4.29. The molecule has 0 saturated heterocycles. The zero-order chi connectivity index (χ0) is 12.1. The Morgan fingerprint density at radius 2 is 2.24 bits per heavy atom. The van der Waals surface area contributed by atoms with Crippen molar-refractivity contribution in [1.29, 1.82) is 0 Å². The molecule has 1 heterocycles. The third-order valence-corrected chi connectivity index (χ3v) is 3.44. The van der Waals surface area contributed by atoms with E-state index in [9.17, 15) is 0 Å². The van der Waals surface area contributed by atoms with Crippen molar-refractivity contribution in [3.05, 3.63) is 41.2 Å². The van der Waals surface area contributed by atoms with Crippen LogP contribution in [0.25, 0.3) is 0 Å². The predicted octanol–water partition coefficient (Wildman–Crippen LogP) is 2.78. The minimum atomic E-state index is 0.0781. The average molecular weight is 231 g/mol. The number of hydrogen-bond donors (Lipinski definition) is 2. The van der Waals surface area contributed by atoms with Crippen LogP contribution in [0.1, 0.15) is 49.4 Å². The second-order valence-electron chi connectivity index (χ2n) is 4.68. The topological polar surface area (TPSA) is 50.9 Å². The van der Waals surface area contributed by atoms with Crippen molar-refractivity contribution in [2.45, 2.75) is 45.1 Å². The lowest BCUT2D eigenvalue weighted by Gasteiger charge is -2.20. The molecule has 3 nitrogen and oxygen atoms in total. The Balaban J connectivity index is 2.26. The third-order valence-electron chi connectivity index (χ3n) is 3.44. The molecular formula is C14H21N3. The number of hydrogen-bond acceptors (Lipinski definition) is 3. The molecule has 3 heteroatoms. The molecule has 17 heavy (non-hydrogen) atoms. The first-order valence-electron chi connectivity index (χ1n) is 6.39. The van der Waals surface area contributed by atoms with Gasteiger partial charge < -0.3 is 0 Å². The van der Waals surface area contributed by atoms with E-state index in [4.69, 9.17) is 5.84 Å². The summed E-state index contributed by atoms with van der Waals surface area (Å²) in [7, 11) is 0. The first kappa shape index (κ1) is 12.3. The molecule has 3 N–H and O–H groups in total. The second kappa shape index (κ2) is 5.94. The molecule has 1 aliphatic carbocycles.